The van der Waals surface area contributed by atoms with Gasteiger partial charge >= 0.3 is 6.09 Å². The van der Waals surface area contributed by atoms with Crippen LogP contribution < -0.4 is 5.32 Å². The molecule has 0 aliphatic heterocycles. The molecular formula is C14H26N2O3. The number of alkyl carbamates (subject to hydrolysis) is 1. The zero-order valence-corrected chi connectivity index (χ0v) is 13.0. The fourth-order valence-corrected chi connectivity index (χ4v) is 1.47. The van der Waals surface area contributed by atoms with E-state index < -0.39 is 11.7 Å². The number of carbonyl (C=O) groups excluding carboxylic acids is 2. The number of amides is 1. The third-order valence-corrected chi connectivity index (χ3v) is 2.24. The number of hydrogen-bond acceptors (Lipinski definition) is 4. The molecule has 110 valence electrons. The van der Waals surface area contributed by atoms with Crippen LogP contribution in [0.1, 0.15) is 41.0 Å². The molecule has 0 aliphatic carbocycles. The van der Waals surface area contributed by atoms with E-state index in [1.807, 2.05) is 14.1 Å². The fourth-order valence-electron chi connectivity index (χ4n) is 1.47. The molecule has 0 fully saturated rings. The summed E-state index contributed by atoms with van der Waals surface area (Å²) in [6.45, 7) is 8.96. The maximum Gasteiger partial charge on any atom is 0.408 e. The van der Waals surface area contributed by atoms with Crippen LogP contribution in [0.15, 0.2) is 11.8 Å². The van der Waals surface area contributed by atoms with Crippen LogP contribution in [0.5, 0.6) is 0 Å². The predicted molar refractivity (Wildman–Crippen MR) is 75.9 cm³/mol. The van der Waals surface area contributed by atoms with Gasteiger partial charge in [0.15, 0.2) is 5.78 Å². The molecule has 0 saturated heterocycles. The maximum absolute atomic E-state index is 11.9. The van der Waals surface area contributed by atoms with E-state index in [0.717, 1.165) is 0 Å². The minimum atomic E-state index is -0.552. The Morgan fingerprint density at radius 1 is 1.32 bits per heavy atom. The lowest BCUT2D eigenvalue weighted by atomic mass is 10.0. The second kappa shape index (κ2) is 7.16. The summed E-state index contributed by atoms with van der Waals surface area (Å²) in [5.41, 5.74) is 0.0163. The smallest absolute Gasteiger partial charge is 0.408 e. The Labute approximate surface area is 116 Å². The first-order valence-corrected chi connectivity index (χ1v) is 6.47. The van der Waals surface area contributed by atoms with E-state index in [0.29, 0.717) is 12.0 Å². The largest absolute Gasteiger partial charge is 0.444 e. The minimum absolute atomic E-state index is 0.0114. The second-order valence-electron chi connectivity index (χ2n) is 5.69. The first-order valence-electron chi connectivity index (χ1n) is 6.47. The van der Waals surface area contributed by atoms with Crippen LogP contribution in [0.3, 0.4) is 0 Å². The summed E-state index contributed by atoms with van der Waals surface area (Å²) < 4.78 is 5.17. The lowest BCUT2D eigenvalue weighted by Crippen LogP contribution is -2.40. The Morgan fingerprint density at radius 3 is 2.21 bits per heavy atom. The highest BCUT2D eigenvalue weighted by Gasteiger charge is 2.21. The highest BCUT2D eigenvalue weighted by molar-refractivity contribution is 5.96. The molecule has 0 rings (SSSR count). The standard InChI is InChI=1S/C14H26N2O3/c1-8-12(17)11(9-16(6)7)10(2)15-13(18)19-14(3,4)5/h9-10H,8H2,1-7H3,(H,15,18)/b11-9-. The molecule has 0 saturated carbocycles. The predicted octanol–water partition coefficient (Wildman–Crippen LogP) is 2.32. The summed E-state index contributed by atoms with van der Waals surface area (Å²) in [7, 11) is 3.67. The van der Waals surface area contributed by atoms with Crippen LogP contribution in [0.4, 0.5) is 4.79 Å². The number of nitrogens with one attached hydrogen (secondary N) is 1. The van der Waals surface area contributed by atoms with E-state index in [9.17, 15) is 9.59 Å². The van der Waals surface area contributed by atoms with Gasteiger partial charge in [-0.15, -0.1) is 0 Å². The number of ether oxygens (including phenoxy) is 1. The van der Waals surface area contributed by atoms with Crippen molar-refractivity contribution in [3.63, 3.8) is 0 Å². The number of ketones is 1. The number of rotatable bonds is 5. The van der Waals surface area contributed by atoms with Crippen molar-refractivity contribution in [3.05, 3.63) is 11.8 Å². The van der Waals surface area contributed by atoms with Crippen molar-refractivity contribution in [1.82, 2.24) is 10.2 Å². The zero-order chi connectivity index (χ0) is 15.2. The molecule has 0 aromatic carbocycles. The van der Waals surface area contributed by atoms with Gasteiger partial charge < -0.3 is 15.0 Å². The van der Waals surface area contributed by atoms with Crippen LogP contribution in [0, 0.1) is 0 Å². The topological polar surface area (TPSA) is 58.6 Å². The summed E-state index contributed by atoms with van der Waals surface area (Å²) in [6.07, 6.45) is 1.61. The Hall–Kier alpha value is -1.52. The van der Waals surface area contributed by atoms with Crippen molar-refractivity contribution in [1.29, 1.82) is 0 Å². The molecule has 5 nitrogen and oxygen atoms in total. The normalized spacial score (nSPS) is 13.7. The number of hydrogen-bond donors (Lipinski definition) is 1. The van der Waals surface area contributed by atoms with E-state index in [2.05, 4.69) is 5.32 Å². The summed E-state index contributed by atoms with van der Waals surface area (Å²) in [4.78, 5) is 25.3. The number of Topliss-reactive ketones (excluding diaryl/α,β-unsaturated/α-hetero) is 1. The van der Waals surface area contributed by atoms with Crippen molar-refractivity contribution in [3.8, 4) is 0 Å². The fraction of sp³-hybridized carbons (Fsp3) is 0.714. The molecule has 5 heteroatoms. The lowest BCUT2D eigenvalue weighted by Gasteiger charge is -2.23. The van der Waals surface area contributed by atoms with Crippen LogP contribution in [-0.4, -0.2) is 42.5 Å². The van der Waals surface area contributed by atoms with Gasteiger partial charge in [-0.25, -0.2) is 4.79 Å². The van der Waals surface area contributed by atoms with E-state index in [-0.39, 0.29) is 11.8 Å². The molecule has 0 aromatic heterocycles. The van der Waals surface area contributed by atoms with Crippen LogP contribution in [-0.2, 0) is 9.53 Å². The second-order valence-corrected chi connectivity index (χ2v) is 5.69. The third-order valence-electron chi connectivity index (χ3n) is 2.24. The SMILES string of the molecule is CCC(=O)/C(=C\N(C)C)C(C)NC(=O)OC(C)(C)C. The van der Waals surface area contributed by atoms with Gasteiger partial charge in [0.05, 0.1) is 6.04 Å². The first-order chi connectivity index (χ1) is 8.56. The maximum atomic E-state index is 11.9. The van der Waals surface area contributed by atoms with Crippen LogP contribution >= 0.6 is 0 Å². The van der Waals surface area contributed by atoms with Gasteiger partial charge in [-0.2, -0.15) is 0 Å². The van der Waals surface area contributed by atoms with Crippen molar-refractivity contribution < 1.29 is 14.3 Å². The van der Waals surface area contributed by atoms with Crippen LogP contribution in [0.25, 0.3) is 0 Å². The molecular weight excluding hydrogens is 244 g/mol. The average Bonchev–Trinajstić information content (AvgIpc) is 2.21. The van der Waals surface area contributed by atoms with Gasteiger partial charge in [-0.1, -0.05) is 6.92 Å². The highest BCUT2D eigenvalue weighted by atomic mass is 16.6. The third kappa shape index (κ3) is 7.49. The van der Waals surface area contributed by atoms with Crippen molar-refractivity contribution in [2.24, 2.45) is 0 Å². The van der Waals surface area contributed by atoms with Crippen molar-refractivity contribution in [2.45, 2.75) is 52.7 Å². The summed E-state index contributed by atoms with van der Waals surface area (Å²) >= 11 is 0. The summed E-state index contributed by atoms with van der Waals surface area (Å²) in [6, 6.07) is -0.385. The summed E-state index contributed by atoms with van der Waals surface area (Å²) in [5, 5.41) is 2.68. The monoisotopic (exact) mass is 270 g/mol. The minimum Gasteiger partial charge on any atom is -0.444 e. The van der Waals surface area contributed by atoms with Gasteiger partial charge in [0, 0.05) is 32.3 Å². The average molecular weight is 270 g/mol. The van der Waals surface area contributed by atoms with E-state index in [1.54, 1.807) is 45.7 Å². The lowest BCUT2D eigenvalue weighted by molar-refractivity contribution is -0.115. The highest BCUT2D eigenvalue weighted by Crippen LogP contribution is 2.10. The number of nitrogens with zero attached hydrogens (tertiary/aromatic N) is 1. The summed E-state index contributed by atoms with van der Waals surface area (Å²) in [5.74, 6) is 0.0114. The van der Waals surface area contributed by atoms with Gasteiger partial charge in [0.25, 0.3) is 0 Å². The molecule has 0 aromatic rings. The zero-order valence-electron chi connectivity index (χ0n) is 13.0. The van der Waals surface area contributed by atoms with Crippen LogP contribution in [0.2, 0.25) is 0 Å². The molecule has 19 heavy (non-hydrogen) atoms. The molecule has 0 heterocycles. The van der Waals surface area contributed by atoms with Gasteiger partial charge in [0.1, 0.15) is 5.60 Å². The van der Waals surface area contributed by atoms with Crippen molar-refractivity contribution in [2.75, 3.05) is 14.1 Å². The molecule has 1 N–H and O–H groups in total. The Bertz CT molecular complexity index is 354. The number of carbonyl (C=O) groups is 2. The molecule has 0 bridgehead atoms. The molecule has 0 radical (unpaired) electrons. The Morgan fingerprint density at radius 2 is 1.84 bits per heavy atom. The molecule has 1 atom stereocenters. The quantitative estimate of drug-likeness (QED) is 0.779. The van der Waals surface area contributed by atoms with E-state index in [1.165, 1.54) is 0 Å². The van der Waals surface area contributed by atoms with Crippen molar-refractivity contribution >= 4 is 11.9 Å². The Kier molecular flexibility index (Phi) is 6.59. The molecule has 1 unspecified atom stereocenters. The van der Waals surface area contributed by atoms with Gasteiger partial charge in [-0.3, -0.25) is 4.79 Å². The van der Waals surface area contributed by atoms with E-state index >= 15 is 0 Å². The Balaban J connectivity index is 4.80. The molecule has 0 aliphatic rings. The molecule has 0 spiro atoms. The van der Waals surface area contributed by atoms with Gasteiger partial charge in [-0.05, 0) is 27.7 Å². The first kappa shape index (κ1) is 17.5. The van der Waals surface area contributed by atoms with Gasteiger partial charge in [0.2, 0.25) is 0 Å². The van der Waals surface area contributed by atoms with E-state index in [4.69, 9.17) is 4.74 Å². The molecule has 1 amide bonds.